The second-order valence-electron chi connectivity index (χ2n) is 5.11. The van der Waals surface area contributed by atoms with Gasteiger partial charge < -0.3 is 11.1 Å². The van der Waals surface area contributed by atoms with E-state index in [0.29, 0.717) is 5.92 Å². The summed E-state index contributed by atoms with van der Waals surface area (Å²) in [7, 11) is 0. The largest absolute Gasteiger partial charge is 0.433 e. The fourth-order valence-electron chi connectivity index (χ4n) is 2.46. The molecule has 0 spiro atoms. The molecule has 0 bridgehead atoms. The number of halogens is 3. The van der Waals surface area contributed by atoms with Gasteiger partial charge in [0, 0.05) is 12.1 Å². The summed E-state index contributed by atoms with van der Waals surface area (Å²) in [6.07, 6.45) is -0.391. The first-order chi connectivity index (χ1) is 8.84. The minimum Gasteiger partial charge on any atom is -0.368 e. The highest BCUT2D eigenvalue weighted by Gasteiger charge is 2.33. The van der Waals surface area contributed by atoms with Crippen molar-refractivity contribution in [2.24, 2.45) is 5.92 Å². The molecular formula is C12H17F3N4. The number of hydrogen-bond acceptors (Lipinski definition) is 4. The molecule has 2 rings (SSSR count). The molecule has 0 amide bonds. The third-order valence-corrected chi connectivity index (χ3v) is 3.32. The predicted octanol–water partition coefficient (Wildman–Crippen LogP) is 3.07. The summed E-state index contributed by atoms with van der Waals surface area (Å²) in [5, 5.41) is 3.03. The molecule has 7 heteroatoms. The Labute approximate surface area is 109 Å². The highest BCUT2D eigenvalue weighted by atomic mass is 19.4. The van der Waals surface area contributed by atoms with Crippen LogP contribution >= 0.6 is 0 Å². The molecule has 1 aliphatic carbocycles. The second-order valence-corrected chi connectivity index (χ2v) is 5.11. The first-order valence-electron chi connectivity index (χ1n) is 6.33. The molecule has 1 saturated carbocycles. The van der Waals surface area contributed by atoms with Crippen molar-refractivity contribution in [1.29, 1.82) is 0 Å². The van der Waals surface area contributed by atoms with Crippen LogP contribution in [0.3, 0.4) is 0 Å². The third kappa shape index (κ3) is 3.71. The van der Waals surface area contributed by atoms with Crippen LogP contribution in [0.15, 0.2) is 6.07 Å². The lowest BCUT2D eigenvalue weighted by molar-refractivity contribution is -0.141. The Balaban J connectivity index is 2.14. The van der Waals surface area contributed by atoms with Gasteiger partial charge in [0.25, 0.3) is 0 Å². The summed E-state index contributed by atoms with van der Waals surface area (Å²) >= 11 is 0. The number of hydrogen-bond donors (Lipinski definition) is 2. The van der Waals surface area contributed by atoms with E-state index in [9.17, 15) is 13.2 Å². The van der Waals surface area contributed by atoms with E-state index in [2.05, 4.69) is 22.2 Å². The zero-order valence-electron chi connectivity index (χ0n) is 10.7. The first kappa shape index (κ1) is 13.9. The molecule has 0 aliphatic heterocycles. The van der Waals surface area contributed by atoms with Crippen molar-refractivity contribution in [3.63, 3.8) is 0 Å². The van der Waals surface area contributed by atoms with Crippen molar-refractivity contribution in [3.05, 3.63) is 11.8 Å². The minimum absolute atomic E-state index is 0.152. The van der Waals surface area contributed by atoms with E-state index < -0.39 is 11.9 Å². The number of aromatic nitrogens is 2. The Bertz CT molecular complexity index is 447. The number of nitrogen functional groups attached to an aromatic ring is 1. The van der Waals surface area contributed by atoms with Crippen LogP contribution in [-0.2, 0) is 6.18 Å². The third-order valence-electron chi connectivity index (χ3n) is 3.32. The smallest absolute Gasteiger partial charge is 0.368 e. The number of alkyl halides is 3. The van der Waals surface area contributed by atoms with Crippen LogP contribution < -0.4 is 11.1 Å². The Kier molecular flexibility index (Phi) is 3.82. The second kappa shape index (κ2) is 5.22. The van der Waals surface area contributed by atoms with E-state index in [1.165, 1.54) is 0 Å². The Hall–Kier alpha value is -1.53. The average Bonchev–Trinajstić information content (AvgIpc) is 2.26. The van der Waals surface area contributed by atoms with Gasteiger partial charge in [0.15, 0.2) is 5.69 Å². The fourth-order valence-corrected chi connectivity index (χ4v) is 2.46. The zero-order valence-corrected chi connectivity index (χ0v) is 10.7. The summed E-state index contributed by atoms with van der Waals surface area (Å²) < 4.78 is 37.8. The number of rotatable bonds is 2. The monoisotopic (exact) mass is 274 g/mol. The van der Waals surface area contributed by atoms with Crippen molar-refractivity contribution in [3.8, 4) is 0 Å². The summed E-state index contributed by atoms with van der Waals surface area (Å²) in [6.45, 7) is 2.14. The van der Waals surface area contributed by atoms with Gasteiger partial charge in [-0.3, -0.25) is 0 Å². The SMILES string of the molecule is CC1CCCC(Nc2cc(C(F)(F)F)nc(N)n2)C1. The highest BCUT2D eigenvalue weighted by molar-refractivity contribution is 5.42. The van der Waals surface area contributed by atoms with Crippen LogP contribution in [0.25, 0.3) is 0 Å². The van der Waals surface area contributed by atoms with E-state index in [-0.39, 0.29) is 17.8 Å². The van der Waals surface area contributed by atoms with Crippen LogP contribution in [0.2, 0.25) is 0 Å². The van der Waals surface area contributed by atoms with Crippen LogP contribution in [0.4, 0.5) is 24.9 Å². The zero-order chi connectivity index (χ0) is 14.0. The van der Waals surface area contributed by atoms with Crippen molar-refractivity contribution in [1.82, 2.24) is 9.97 Å². The van der Waals surface area contributed by atoms with Crippen molar-refractivity contribution in [2.45, 2.75) is 44.8 Å². The maximum absolute atomic E-state index is 12.6. The summed E-state index contributed by atoms with van der Waals surface area (Å²) in [5.41, 5.74) is 4.32. The molecule has 1 heterocycles. The molecule has 1 aromatic rings. The summed E-state index contributed by atoms with van der Waals surface area (Å²) in [5.74, 6) is 0.368. The molecule has 3 N–H and O–H groups in total. The first-order valence-corrected chi connectivity index (χ1v) is 6.33. The molecule has 2 atom stereocenters. The quantitative estimate of drug-likeness (QED) is 0.870. The number of nitrogens with one attached hydrogen (secondary N) is 1. The van der Waals surface area contributed by atoms with Gasteiger partial charge in [0.05, 0.1) is 0 Å². The van der Waals surface area contributed by atoms with Gasteiger partial charge in [0.1, 0.15) is 5.82 Å². The lowest BCUT2D eigenvalue weighted by Gasteiger charge is -2.28. The van der Waals surface area contributed by atoms with E-state index in [1.807, 2.05) is 0 Å². The minimum atomic E-state index is -4.51. The van der Waals surface area contributed by atoms with Crippen molar-refractivity contribution in [2.75, 3.05) is 11.1 Å². The molecule has 1 fully saturated rings. The molecule has 106 valence electrons. The van der Waals surface area contributed by atoms with Gasteiger partial charge in [-0.05, 0) is 18.8 Å². The number of anilines is 2. The Morgan fingerprint density at radius 2 is 2.05 bits per heavy atom. The van der Waals surface area contributed by atoms with Gasteiger partial charge in [-0.25, -0.2) is 4.98 Å². The summed E-state index contributed by atoms with van der Waals surface area (Å²) in [4.78, 5) is 7.04. The highest BCUT2D eigenvalue weighted by Crippen LogP contribution is 2.30. The van der Waals surface area contributed by atoms with Crippen molar-refractivity contribution >= 4 is 11.8 Å². The fraction of sp³-hybridized carbons (Fsp3) is 0.667. The lowest BCUT2D eigenvalue weighted by Crippen LogP contribution is -2.27. The number of nitrogens with zero attached hydrogens (tertiary/aromatic N) is 2. The van der Waals surface area contributed by atoms with Crippen LogP contribution in [0.5, 0.6) is 0 Å². The molecule has 1 aliphatic rings. The normalized spacial score (nSPS) is 24.2. The summed E-state index contributed by atoms with van der Waals surface area (Å²) in [6, 6.07) is 1.06. The van der Waals surface area contributed by atoms with E-state index in [4.69, 9.17) is 5.73 Å². The van der Waals surface area contributed by atoms with Gasteiger partial charge in [-0.2, -0.15) is 18.2 Å². The molecule has 4 nitrogen and oxygen atoms in total. The molecule has 2 unspecified atom stereocenters. The van der Waals surface area contributed by atoms with Gasteiger partial charge in [-0.1, -0.05) is 19.8 Å². The van der Waals surface area contributed by atoms with Crippen LogP contribution in [0, 0.1) is 5.92 Å². The predicted molar refractivity (Wildman–Crippen MR) is 66.5 cm³/mol. The van der Waals surface area contributed by atoms with Gasteiger partial charge in [0.2, 0.25) is 5.95 Å². The molecule has 1 aromatic heterocycles. The number of nitrogens with two attached hydrogens (primary N) is 1. The van der Waals surface area contributed by atoms with Crippen molar-refractivity contribution < 1.29 is 13.2 Å². The Morgan fingerprint density at radius 1 is 1.32 bits per heavy atom. The standard InChI is InChI=1S/C12H17F3N4/c1-7-3-2-4-8(5-7)17-10-6-9(12(13,14)15)18-11(16)19-10/h6-8H,2-5H2,1H3,(H3,16,17,18,19). The topological polar surface area (TPSA) is 63.8 Å². The van der Waals surface area contributed by atoms with E-state index in [0.717, 1.165) is 31.7 Å². The van der Waals surface area contributed by atoms with Gasteiger partial charge >= 0.3 is 6.18 Å². The van der Waals surface area contributed by atoms with Gasteiger partial charge in [-0.15, -0.1) is 0 Å². The molecule has 0 aromatic carbocycles. The maximum atomic E-state index is 12.6. The molecule has 19 heavy (non-hydrogen) atoms. The maximum Gasteiger partial charge on any atom is 0.433 e. The molecule has 0 saturated heterocycles. The average molecular weight is 274 g/mol. The van der Waals surface area contributed by atoms with Crippen LogP contribution in [-0.4, -0.2) is 16.0 Å². The van der Waals surface area contributed by atoms with E-state index in [1.54, 1.807) is 0 Å². The molecule has 0 radical (unpaired) electrons. The lowest BCUT2D eigenvalue weighted by atomic mass is 9.87. The molecular weight excluding hydrogens is 257 g/mol. The van der Waals surface area contributed by atoms with E-state index >= 15 is 0 Å². The Morgan fingerprint density at radius 3 is 2.68 bits per heavy atom. The van der Waals surface area contributed by atoms with Crippen LogP contribution in [0.1, 0.15) is 38.3 Å².